The molecule has 17 heteroatoms. The van der Waals surface area contributed by atoms with Gasteiger partial charge in [0, 0.05) is 65.6 Å². The van der Waals surface area contributed by atoms with Crippen molar-refractivity contribution in [1.82, 2.24) is 14.3 Å². The predicted octanol–water partition coefficient (Wildman–Crippen LogP) is 6.39. The first kappa shape index (κ1) is 36.9. The van der Waals surface area contributed by atoms with E-state index in [0.29, 0.717) is 47.3 Å². The molecule has 5 rings (SSSR count). The highest BCUT2D eigenvalue weighted by Crippen LogP contribution is 2.34. The van der Waals surface area contributed by atoms with Crippen LogP contribution in [0.25, 0.3) is 0 Å². The predicted molar refractivity (Wildman–Crippen MR) is 185 cm³/mol. The Morgan fingerprint density at radius 3 is 2.40 bits per heavy atom. The third kappa shape index (κ3) is 8.47. The van der Waals surface area contributed by atoms with Crippen LogP contribution in [0.1, 0.15) is 26.3 Å². The Morgan fingerprint density at radius 1 is 1.02 bits per heavy atom. The Labute approximate surface area is 298 Å². The van der Waals surface area contributed by atoms with E-state index in [1.807, 2.05) is 17.0 Å². The van der Waals surface area contributed by atoms with Crippen LogP contribution in [0, 0.1) is 11.6 Å². The number of rotatable bonds is 11. The van der Waals surface area contributed by atoms with Crippen LogP contribution in [-0.2, 0) is 21.3 Å². The summed E-state index contributed by atoms with van der Waals surface area (Å²) in [6.07, 6.45) is 0.641. The highest BCUT2D eigenvalue weighted by Gasteiger charge is 2.35. The van der Waals surface area contributed by atoms with E-state index in [1.165, 1.54) is 19.1 Å². The highest BCUT2D eigenvalue weighted by atomic mass is 35.5. The number of carbonyl (C=O) groups excluding carboxylic acids is 1. The van der Waals surface area contributed by atoms with Crippen LogP contribution in [0.2, 0.25) is 5.02 Å². The summed E-state index contributed by atoms with van der Waals surface area (Å²) in [5.74, 6) is -2.08. The van der Waals surface area contributed by atoms with E-state index in [2.05, 4.69) is 9.36 Å². The van der Waals surface area contributed by atoms with Crippen molar-refractivity contribution in [1.29, 1.82) is 0 Å². The number of amides is 1. The summed E-state index contributed by atoms with van der Waals surface area (Å²) in [4.78, 5) is 19.5. The summed E-state index contributed by atoms with van der Waals surface area (Å²) in [5, 5.41) is 0.464. The van der Waals surface area contributed by atoms with Crippen molar-refractivity contribution in [2.45, 2.75) is 43.9 Å². The summed E-state index contributed by atoms with van der Waals surface area (Å²) < 4.78 is 86.0. The molecular weight excluding hydrogens is 716 g/mol. The van der Waals surface area contributed by atoms with Gasteiger partial charge in [-0.05, 0) is 57.2 Å². The number of hydrogen-bond donors (Lipinski definition) is 0. The van der Waals surface area contributed by atoms with Gasteiger partial charge in [-0.3, -0.25) is 0 Å². The fraction of sp³-hybridized carbons (Fsp3) is 0.364. The van der Waals surface area contributed by atoms with Gasteiger partial charge in [0.2, 0.25) is 5.13 Å². The fourth-order valence-electron chi connectivity index (χ4n) is 5.26. The number of sulfonamides is 1. The molecule has 3 aromatic carbocycles. The summed E-state index contributed by atoms with van der Waals surface area (Å²) in [6.45, 7) is 5.66. The normalized spacial score (nSPS) is 15.1. The maximum atomic E-state index is 15.8. The van der Waals surface area contributed by atoms with Crippen LogP contribution in [0.5, 0.6) is 17.2 Å². The molecule has 0 bridgehead atoms. The molecule has 0 radical (unpaired) electrons. The van der Waals surface area contributed by atoms with Gasteiger partial charge in [0.15, 0.2) is 11.6 Å². The lowest BCUT2D eigenvalue weighted by Crippen LogP contribution is -2.57. The number of halogens is 3. The van der Waals surface area contributed by atoms with Crippen molar-refractivity contribution in [3.05, 3.63) is 83.1 Å². The Balaban J connectivity index is 1.41. The van der Waals surface area contributed by atoms with Crippen molar-refractivity contribution in [3.63, 3.8) is 0 Å². The average molecular weight is 752 g/mol. The standard InChI is InChI=1S/C33H36ClF2N5O7S2/c1-33(2,3)48-32(42)39-12-13-40(23-9-7-22(34)8-10-23)24(18-39)19-47-29-15-27(36)30(16-26(29)35)50(43,44)41(31-37-20-38-49-31)17-21-6-11-25(45-4)14-28(21)46-5/h6-11,14-16,20,24H,12-13,17-19H2,1-5H3. The van der Waals surface area contributed by atoms with Crippen molar-refractivity contribution in [2.75, 3.05) is 49.7 Å². The van der Waals surface area contributed by atoms with Gasteiger partial charge >= 0.3 is 6.09 Å². The monoisotopic (exact) mass is 751 g/mol. The number of hydrogen-bond acceptors (Lipinski definition) is 11. The number of nitrogens with zero attached hydrogens (tertiary/aromatic N) is 5. The van der Waals surface area contributed by atoms with Crippen molar-refractivity contribution < 1.29 is 40.9 Å². The molecule has 1 aromatic heterocycles. The van der Waals surface area contributed by atoms with Crippen LogP contribution in [0.3, 0.4) is 0 Å². The van der Waals surface area contributed by atoms with Gasteiger partial charge in [0.1, 0.15) is 40.7 Å². The minimum Gasteiger partial charge on any atom is -0.497 e. The number of ether oxygens (including phenoxy) is 4. The molecule has 1 fully saturated rings. The Bertz CT molecular complexity index is 1910. The first-order valence-electron chi connectivity index (χ1n) is 15.3. The summed E-state index contributed by atoms with van der Waals surface area (Å²) in [7, 11) is -1.86. The second-order valence-electron chi connectivity index (χ2n) is 12.2. The lowest BCUT2D eigenvalue weighted by atomic mass is 10.1. The molecule has 50 heavy (non-hydrogen) atoms. The second kappa shape index (κ2) is 15.2. The molecule has 1 atom stereocenters. The van der Waals surface area contributed by atoms with Gasteiger partial charge in [-0.1, -0.05) is 11.6 Å². The number of methoxy groups -OCH3 is 2. The first-order valence-corrected chi connectivity index (χ1v) is 17.9. The molecule has 1 saturated heterocycles. The van der Waals surface area contributed by atoms with Crippen molar-refractivity contribution >= 4 is 50.1 Å². The van der Waals surface area contributed by atoms with E-state index in [1.54, 1.807) is 51.1 Å². The van der Waals surface area contributed by atoms with Gasteiger partial charge in [0.05, 0.1) is 26.8 Å². The van der Waals surface area contributed by atoms with Crippen LogP contribution in [-0.4, -0.2) is 80.9 Å². The smallest absolute Gasteiger partial charge is 0.410 e. The van der Waals surface area contributed by atoms with E-state index in [-0.39, 0.29) is 24.8 Å². The quantitative estimate of drug-likeness (QED) is 0.170. The molecule has 0 N–H and O–H groups in total. The molecule has 2 heterocycles. The van der Waals surface area contributed by atoms with E-state index in [0.717, 1.165) is 27.9 Å². The van der Waals surface area contributed by atoms with E-state index in [9.17, 15) is 13.2 Å². The van der Waals surface area contributed by atoms with Crippen molar-refractivity contribution in [3.8, 4) is 17.2 Å². The molecular formula is C33H36ClF2N5O7S2. The van der Waals surface area contributed by atoms with Gasteiger partial charge in [0.25, 0.3) is 10.0 Å². The molecule has 0 spiro atoms. The average Bonchev–Trinajstić information content (AvgIpc) is 3.61. The zero-order valence-electron chi connectivity index (χ0n) is 27.9. The molecule has 1 aliphatic rings. The van der Waals surface area contributed by atoms with Gasteiger partial charge in [-0.2, -0.15) is 4.37 Å². The number of anilines is 2. The minimum atomic E-state index is -4.74. The molecule has 1 amide bonds. The van der Waals surface area contributed by atoms with E-state index < -0.39 is 50.0 Å². The molecule has 0 aliphatic carbocycles. The minimum absolute atomic E-state index is 0.0721. The summed E-state index contributed by atoms with van der Waals surface area (Å²) in [5.41, 5.74) is 0.474. The summed E-state index contributed by atoms with van der Waals surface area (Å²) in [6, 6.07) is 12.6. The molecule has 12 nitrogen and oxygen atoms in total. The highest BCUT2D eigenvalue weighted by molar-refractivity contribution is 7.93. The molecule has 0 saturated carbocycles. The molecule has 1 unspecified atom stereocenters. The van der Waals surface area contributed by atoms with Gasteiger partial charge in [-0.15, -0.1) is 0 Å². The van der Waals surface area contributed by atoms with Crippen LogP contribution < -0.4 is 23.4 Å². The zero-order chi connectivity index (χ0) is 36.2. The van der Waals surface area contributed by atoms with Crippen LogP contribution in [0.4, 0.5) is 24.4 Å². The van der Waals surface area contributed by atoms with Gasteiger partial charge in [-0.25, -0.2) is 31.3 Å². The fourth-order valence-corrected chi connectivity index (χ4v) is 7.57. The largest absolute Gasteiger partial charge is 0.497 e. The van der Waals surface area contributed by atoms with Crippen molar-refractivity contribution in [2.24, 2.45) is 0 Å². The number of carbonyl (C=O) groups is 1. The van der Waals surface area contributed by atoms with E-state index >= 15 is 8.78 Å². The second-order valence-corrected chi connectivity index (χ2v) is 15.2. The molecule has 268 valence electrons. The zero-order valence-corrected chi connectivity index (χ0v) is 30.3. The Hall–Kier alpha value is -4.41. The lowest BCUT2D eigenvalue weighted by molar-refractivity contribution is 0.0200. The number of benzene rings is 3. The summed E-state index contributed by atoms with van der Waals surface area (Å²) >= 11 is 6.86. The topological polar surface area (TPSA) is 124 Å². The first-order chi connectivity index (χ1) is 23.7. The Morgan fingerprint density at radius 2 is 1.76 bits per heavy atom. The molecule has 1 aliphatic heterocycles. The molecule has 4 aromatic rings. The van der Waals surface area contributed by atoms with Gasteiger partial charge < -0.3 is 28.7 Å². The third-order valence-electron chi connectivity index (χ3n) is 7.65. The Kier molecular flexibility index (Phi) is 11.2. The SMILES string of the molecule is COc1ccc(CN(c2ncns2)S(=O)(=O)c2cc(F)c(OCC3CN(C(=O)OC(C)(C)C)CCN3c3ccc(Cl)cc3)cc2F)c(OC)c1. The number of aromatic nitrogens is 2. The lowest BCUT2D eigenvalue weighted by Gasteiger charge is -2.42. The maximum Gasteiger partial charge on any atom is 0.410 e. The third-order valence-corrected chi connectivity index (χ3v) is 10.5. The van der Waals surface area contributed by atoms with Crippen LogP contribution >= 0.6 is 23.1 Å². The maximum absolute atomic E-state index is 15.8. The van der Waals surface area contributed by atoms with Crippen LogP contribution in [0.15, 0.2) is 65.8 Å². The number of piperazine rings is 1. The van der Waals surface area contributed by atoms with E-state index in [4.69, 9.17) is 30.5 Å².